The Hall–Kier alpha value is -2.89. The van der Waals surface area contributed by atoms with Gasteiger partial charge in [0.05, 0.1) is 5.69 Å². The standard InChI is InChI=1S/C20H23N5O/c1-2-15-13-17(24-23-15)21-20(26)18-16-11-7-4-8-12-25(16)19(22-18)14-9-5-3-6-10-14/h3,5-6,9-10,13H,2,4,7-8,11-12H2,1H3,(H2,21,23,24,26). The number of aromatic nitrogens is 4. The SMILES string of the molecule is CCc1cc(NC(=O)c2nc(-c3ccccc3)n3c2CCCCC3)n[nH]1. The molecular weight excluding hydrogens is 326 g/mol. The number of fused-ring (bicyclic) bond motifs is 1. The number of rotatable bonds is 4. The van der Waals surface area contributed by atoms with Crippen molar-refractivity contribution in [2.24, 2.45) is 0 Å². The quantitative estimate of drug-likeness (QED) is 0.752. The number of benzene rings is 1. The van der Waals surface area contributed by atoms with E-state index < -0.39 is 0 Å². The molecule has 0 unspecified atom stereocenters. The van der Waals surface area contributed by atoms with Crippen molar-refractivity contribution in [1.82, 2.24) is 19.7 Å². The Morgan fingerprint density at radius 3 is 2.85 bits per heavy atom. The molecular formula is C20H23N5O. The minimum Gasteiger partial charge on any atom is -0.327 e. The Labute approximate surface area is 152 Å². The first-order valence-corrected chi connectivity index (χ1v) is 9.26. The molecule has 3 heterocycles. The Morgan fingerprint density at radius 1 is 1.23 bits per heavy atom. The Balaban J connectivity index is 1.71. The molecule has 0 atom stereocenters. The smallest absolute Gasteiger partial charge is 0.277 e. The van der Waals surface area contributed by atoms with Gasteiger partial charge in [-0.25, -0.2) is 4.98 Å². The molecule has 0 bridgehead atoms. The van der Waals surface area contributed by atoms with Gasteiger partial charge in [0.1, 0.15) is 11.5 Å². The Bertz CT molecular complexity index is 910. The number of hydrogen-bond donors (Lipinski definition) is 2. The van der Waals surface area contributed by atoms with Crippen molar-refractivity contribution >= 4 is 11.7 Å². The fourth-order valence-corrected chi connectivity index (χ4v) is 3.49. The van der Waals surface area contributed by atoms with Crippen LogP contribution >= 0.6 is 0 Å². The summed E-state index contributed by atoms with van der Waals surface area (Å²) in [6, 6.07) is 12.0. The van der Waals surface area contributed by atoms with Gasteiger partial charge in [0, 0.05) is 23.9 Å². The van der Waals surface area contributed by atoms with Gasteiger partial charge in [-0.1, -0.05) is 43.7 Å². The van der Waals surface area contributed by atoms with E-state index in [-0.39, 0.29) is 5.91 Å². The van der Waals surface area contributed by atoms with Crippen LogP contribution in [0.3, 0.4) is 0 Å². The van der Waals surface area contributed by atoms with Gasteiger partial charge in [0.2, 0.25) is 0 Å². The largest absolute Gasteiger partial charge is 0.327 e. The summed E-state index contributed by atoms with van der Waals surface area (Å²) in [5.74, 6) is 1.24. The van der Waals surface area contributed by atoms with E-state index >= 15 is 0 Å². The molecule has 2 aromatic heterocycles. The van der Waals surface area contributed by atoms with E-state index in [1.165, 1.54) is 6.42 Å². The topological polar surface area (TPSA) is 75.6 Å². The second kappa shape index (κ2) is 7.15. The number of anilines is 1. The van der Waals surface area contributed by atoms with Gasteiger partial charge in [-0.05, 0) is 25.7 Å². The monoisotopic (exact) mass is 349 g/mol. The number of amides is 1. The summed E-state index contributed by atoms with van der Waals surface area (Å²) >= 11 is 0. The van der Waals surface area contributed by atoms with Gasteiger partial charge in [0.15, 0.2) is 5.82 Å². The Kier molecular flexibility index (Phi) is 4.56. The second-order valence-corrected chi connectivity index (χ2v) is 6.65. The number of hydrogen-bond acceptors (Lipinski definition) is 3. The first-order valence-electron chi connectivity index (χ1n) is 9.26. The minimum atomic E-state index is -0.188. The number of aromatic amines is 1. The van der Waals surface area contributed by atoms with Crippen molar-refractivity contribution in [3.05, 3.63) is 53.5 Å². The average Bonchev–Trinajstić information content (AvgIpc) is 3.19. The maximum absolute atomic E-state index is 12.9. The van der Waals surface area contributed by atoms with E-state index in [4.69, 9.17) is 4.98 Å². The molecule has 0 radical (unpaired) electrons. The van der Waals surface area contributed by atoms with Gasteiger partial charge in [0.25, 0.3) is 5.91 Å². The fourth-order valence-electron chi connectivity index (χ4n) is 3.49. The molecule has 1 aromatic carbocycles. The van der Waals surface area contributed by atoms with E-state index in [0.29, 0.717) is 11.5 Å². The van der Waals surface area contributed by atoms with Crippen LogP contribution in [0.4, 0.5) is 5.82 Å². The van der Waals surface area contributed by atoms with Crippen molar-refractivity contribution in [3.8, 4) is 11.4 Å². The molecule has 1 aliphatic heterocycles. The molecule has 0 fully saturated rings. The molecule has 6 heteroatoms. The maximum atomic E-state index is 12.9. The molecule has 0 aliphatic carbocycles. The minimum absolute atomic E-state index is 0.188. The van der Waals surface area contributed by atoms with Crippen molar-refractivity contribution < 1.29 is 4.79 Å². The number of nitrogens with zero attached hydrogens (tertiary/aromatic N) is 3. The third-order valence-corrected chi connectivity index (χ3v) is 4.87. The zero-order chi connectivity index (χ0) is 17.9. The van der Waals surface area contributed by atoms with Gasteiger partial charge in [-0.3, -0.25) is 9.89 Å². The molecule has 3 aromatic rings. The van der Waals surface area contributed by atoms with E-state index in [1.54, 1.807) is 0 Å². The van der Waals surface area contributed by atoms with E-state index in [2.05, 4.69) is 20.1 Å². The summed E-state index contributed by atoms with van der Waals surface area (Å²) in [6.07, 6.45) is 5.10. The third kappa shape index (κ3) is 3.14. The van der Waals surface area contributed by atoms with Crippen LogP contribution in [0, 0.1) is 0 Å². The van der Waals surface area contributed by atoms with Crippen LogP contribution in [0.1, 0.15) is 48.1 Å². The maximum Gasteiger partial charge on any atom is 0.277 e. The molecule has 6 nitrogen and oxygen atoms in total. The summed E-state index contributed by atoms with van der Waals surface area (Å²) in [5.41, 5.74) is 3.59. The summed E-state index contributed by atoms with van der Waals surface area (Å²) in [5, 5.41) is 9.97. The first kappa shape index (κ1) is 16.6. The average molecular weight is 349 g/mol. The predicted octanol–water partition coefficient (Wildman–Crippen LogP) is 3.81. The van der Waals surface area contributed by atoms with Crippen LogP contribution in [0.25, 0.3) is 11.4 Å². The highest BCUT2D eigenvalue weighted by molar-refractivity contribution is 6.03. The third-order valence-electron chi connectivity index (χ3n) is 4.87. The van der Waals surface area contributed by atoms with Crippen LogP contribution in [0.2, 0.25) is 0 Å². The van der Waals surface area contributed by atoms with Gasteiger partial charge in [-0.15, -0.1) is 0 Å². The van der Waals surface area contributed by atoms with Crippen LogP contribution in [0.5, 0.6) is 0 Å². The molecule has 1 amide bonds. The predicted molar refractivity (Wildman–Crippen MR) is 101 cm³/mol. The zero-order valence-electron chi connectivity index (χ0n) is 15.0. The van der Waals surface area contributed by atoms with E-state index in [0.717, 1.165) is 55.0 Å². The van der Waals surface area contributed by atoms with Gasteiger partial charge in [-0.2, -0.15) is 5.10 Å². The summed E-state index contributed by atoms with van der Waals surface area (Å²) in [4.78, 5) is 17.6. The summed E-state index contributed by atoms with van der Waals surface area (Å²) in [6.45, 7) is 2.95. The van der Waals surface area contributed by atoms with Gasteiger partial charge >= 0.3 is 0 Å². The zero-order valence-corrected chi connectivity index (χ0v) is 15.0. The molecule has 4 rings (SSSR count). The van der Waals surface area contributed by atoms with Crippen molar-refractivity contribution in [1.29, 1.82) is 0 Å². The highest BCUT2D eigenvalue weighted by atomic mass is 16.2. The summed E-state index contributed by atoms with van der Waals surface area (Å²) in [7, 11) is 0. The highest BCUT2D eigenvalue weighted by Gasteiger charge is 2.24. The van der Waals surface area contributed by atoms with Crippen molar-refractivity contribution in [3.63, 3.8) is 0 Å². The molecule has 26 heavy (non-hydrogen) atoms. The number of carbonyl (C=O) groups is 1. The molecule has 0 spiro atoms. The van der Waals surface area contributed by atoms with Crippen LogP contribution in [-0.2, 0) is 19.4 Å². The number of nitrogens with one attached hydrogen (secondary N) is 2. The Morgan fingerprint density at radius 2 is 2.08 bits per heavy atom. The molecule has 2 N–H and O–H groups in total. The number of aryl methyl sites for hydroxylation is 1. The van der Waals surface area contributed by atoms with E-state index in [1.807, 2.05) is 43.3 Å². The van der Waals surface area contributed by atoms with Crippen LogP contribution in [0.15, 0.2) is 36.4 Å². The van der Waals surface area contributed by atoms with Crippen molar-refractivity contribution in [2.75, 3.05) is 5.32 Å². The molecule has 1 aliphatic rings. The second-order valence-electron chi connectivity index (χ2n) is 6.65. The van der Waals surface area contributed by atoms with E-state index in [9.17, 15) is 4.79 Å². The lowest BCUT2D eigenvalue weighted by Gasteiger charge is -2.08. The fraction of sp³-hybridized carbons (Fsp3) is 0.350. The summed E-state index contributed by atoms with van der Waals surface area (Å²) < 4.78 is 2.22. The molecule has 0 saturated heterocycles. The number of H-pyrrole nitrogens is 1. The molecule has 0 saturated carbocycles. The lowest BCUT2D eigenvalue weighted by molar-refractivity contribution is 0.102. The lowest BCUT2D eigenvalue weighted by Crippen LogP contribution is -2.15. The normalized spacial score (nSPS) is 13.9. The lowest BCUT2D eigenvalue weighted by atomic mass is 10.1. The first-order chi connectivity index (χ1) is 12.8. The number of imidazole rings is 1. The van der Waals surface area contributed by atoms with Crippen LogP contribution in [-0.4, -0.2) is 25.7 Å². The van der Waals surface area contributed by atoms with Crippen LogP contribution < -0.4 is 5.32 Å². The van der Waals surface area contributed by atoms with Crippen molar-refractivity contribution in [2.45, 2.75) is 45.6 Å². The van der Waals surface area contributed by atoms with Gasteiger partial charge < -0.3 is 9.88 Å². The number of carbonyl (C=O) groups excluding carboxylic acids is 1. The molecule has 134 valence electrons. The highest BCUT2D eigenvalue weighted by Crippen LogP contribution is 2.27.